The van der Waals surface area contributed by atoms with Gasteiger partial charge in [-0.3, -0.25) is 14.8 Å². The predicted molar refractivity (Wildman–Crippen MR) is 136 cm³/mol. The van der Waals surface area contributed by atoms with E-state index in [2.05, 4.69) is 31.8 Å². The molecule has 0 spiro atoms. The molecule has 36 heavy (non-hydrogen) atoms. The molecular weight excluding hydrogens is 478 g/mol. The van der Waals surface area contributed by atoms with Crippen LogP contribution >= 0.6 is 0 Å². The molecule has 9 nitrogen and oxygen atoms in total. The number of anilines is 1. The Kier molecular flexibility index (Phi) is 5.95. The number of pyridine rings is 2. The Morgan fingerprint density at radius 2 is 1.75 bits per heavy atom. The smallest absolute Gasteiger partial charge is 0.355 e. The van der Waals surface area contributed by atoms with Crippen molar-refractivity contribution in [1.29, 1.82) is 0 Å². The van der Waals surface area contributed by atoms with Gasteiger partial charge < -0.3 is 5.11 Å². The minimum Gasteiger partial charge on any atom is -0.476 e. The minimum atomic E-state index is -3.82. The Labute approximate surface area is 206 Å². The summed E-state index contributed by atoms with van der Waals surface area (Å²) in [5.41, 5.74) is 4.11. The lowest BCUT2D eigenvalue weighted by Gasteiger charge is -2.09. The van der Waals surface area contributed by atoms with Gasteiger partial charge in [0.2, 0.25) is 0 Å². The molecule has 0 bridgehead atoms. The summed E-state index contributed by atoms with van der Waals surface area (Å²) in [7, 11) is -3.82. The van der Waals surface area contributed by atoms with E-state index in [9.17, 15) is 18.3 Å². The summed E-state index contributed by atoms with van der Waals surface area (Å²) >= 11 is 0. The first-order chi connectivity index (χ1) is 17.4. The van der Waals surface area contributed by atoms with E-state index in [1.165, 1.54) is 23.9 Å². The highest BCUT2D eigenvalue weighted by Crippen LogP contribution is 2.32. The molecule has 0 unspecified atom stereocenters. The molecule has 0 fully saturated rings. The molecule has 5 rings (SSSR count). The third-order valence-corrected chi connectivity index (χ3v) is 7.15. The van der Waals surface area contributed by atoms with Gasteiger partial charge in [0.05, 0.1) is 33.4 Å². The molecule has 0 saturated carbocycles. The van der Waals surface area contributed by atoms with Gasteiger partial charge in [0.25, 0.3) is 10.0 Å². The molecule has 3 heterocycles. The number of aryl methyl sites for hydroxylation is 1. The number of nitrogens with one attached hydrogen (secondary N) is 2. The number of hydrogen-bond acceptors (Lipinski definition) is 6. The molecule has 0 aliphatic carbocycles. The lowest BCUT2D eigenvalue weighted by atomic mass is 10.0. The predicted octanol–water partition coefficient (Wildman–Crippen LogP) is 4.75. The second-order valence-corrected chi connectivity index (χ2v) is 9.76. The van der Waals surface area contributed by atoms with Crippen LogP contribution in [0.15, 0.2) is 84.0 Å². The third-order valence-electron chi connectivity index (χ3n) is 5.76. The van der Waals surface area contributed by atoms with Crippen LogP contribution in [0.3, 0.4) is 0 Å². The van der Waals surface area contributed by atoms with Gasteiger partial charge in [0.1, 0.15) is 5.69 Å². The number of H-pyrrole nitrogens is 1. The van der Waals surface area contributed by atoms with Crippen LogP contribution in [0.1, 0.15) is 23.0 Å². The number of benzene rings is 2. The van der Waals surface area contributed by atoms with Crippen LogP contribution in [0, 0.1) is 0 Å². The van der Waals surface area contributed by atoms with E-state index in [1.54, 1.807) is 36.5 Å². The molecule has 0 atom stereocenters. The molecule has 3 aromatic heterocycles. The average Bonchev–Trinajstić information content (AvgIpc) is 3.32. The first kappa shape index (κ1) is 23.2. The van der Waals surface area contributed by atoms with Crippen molar-refractivity contribution in [2.45, 2.75) is 18.2 Å². The number of sulfonamides is 1. The molecule has 0 amide bonds. The van der Waals surface area contributed by atoms with Crippen molar-refractivity contribution in [1.82, 2.24) is 20.2 Å². The lowest BCUT2D eigenvalue weighted by molar-refractivity contribution is 0.0693. The Morgan fingerprint density at radius 3 is 2.39 bits per heavy atom. The molecule has 2 aromatic carbocycles. The zero-order chi connectivity index (χ0) is 25.3. The van der Waals surface area contributed by atoms with Gasteiger partial charge in [0.15, 0.2) is 5.69 Å². The average molecular weight is 500 g/mol. The molecule has 0 aliphatic heterocycles. The van der Waals surface area contributed by atoms with Gasteiger partial charge in [-0.2, -0.15) is 5.10 Å². The summed E-state index contributed by atoms with van der Waals surface area (Å²) in [5, 5.41) is 17.6. The SMILES string of the molecule is CCc1ccc(-c2n[nH]c3cc(-c4ccc(S(=O)(=O)Nc5cccnc5)cc4)nc(C(=O)O)c23)cc1. The number of rotatable bonds is 7. The van der Waals surface area contributed by atoms with Crippen LogP contribution in [-0.4, -0.2) is 39.7 Å². The number of aromatic carboxylic acids is 1. The van der Waals surface area contributed by atoms with Crippen molar-refractivity contribution in [3.63, 3.8) is 0 Å². The van der Waals surface area contributed by atoms with Crippen molar-refractivity contribution in [2.24, 2.45) is 0 Å². The maximum Gasteiger partial charge on any atom is 0.355 e. The maximum atomic E-state index is 12.7. The van der Waals surface area contributed by atoms with E-state index < -0.39 is 16.0 Å². The minimum absolute atomic E-state index is 0.0500. The number of carbonyl (C=O) groups is 1. The number of nitrogens with zero attached hydrogens (tertiary/aromatic N) is 3. The molecule has 0 radical (unpaired) electrons. The highest BCUT2D eigenvalue weighted by molar-refractivity contribution is 7.92. The van der Waals surface area contributed by atoms with Crippen molar-refractivity contribution in [3.8, 4) is 22.5 Å². The van der Waals surface area contributed by atoms with Crippen molar-refractivity contribution in [2.75, 3.05) is 4.72 Å². The molecule has 0 saturated heterocycles. The normalized spacial score (nSPS) is 11.5. The summed E-state index contributed by atoms with van der Waals surface area (Å²) in [6.07, 6.45) is 3.86. The second-order valence-electron chi connectivity index (χ2n) is 8.08. The highest BCUT2D eigenvalue weighted by atomic mass is 32.2. The Hall–Kier alpha value is -4.57. The van der Waals surface area contributed by atoms with Crippen LogP contribution in [0.25, 0.3) is 33.4 Å². The number of aromatic amines is 1. The van der Waals surface area contributed by atoms with Crippen LogP contribution in [-0.2, 0) is 16.4 Å². The van der Waals surface area contributed by atoms with E-state index in [4.69, 9.17) is 0 Å². The van der Waals surface area contributed by atoms with E-state index in [-0.39, 0.29) is 10.6 Å². The fourth-order valence-electron chi connectivity index (χ4n) is 3.90. The maximum absolute atomic E-state index is 12.7. The van der Waals surface area contributed by atoms with Gasteiger partial charge in [-0.05, 0) is 42.3 Å². The third kappa shape index (κ3) is 4.41. The summed E-state index contributed by atoms with van der Waals surface area (Å²) in [4.78, 5) is 20.5. The molecule has 3 N–H and O–H groups in total. The van der Waals surface area contributed by atoms with Gasteiger partial charge in [0, 0.05) is 17.3 Å². The molecule has 0 aliphatic rings. The van der Waals surface area contributed by atoms with Gasteiger partial charge in [-0.1, -0.05) is 43.3 Å². The fourth-order valence-corrected chi connectivity index (χ4v) is 4.94. The van der Waals surface area contributed by atoms with E-state index in [0.29, 0.717) is 33.5 Å². The van der Waals surface area contributed by atoms with Crippen LogP contribution in [0.2, 0.25) is 0 Å². The Bertz CT molecular complexity index is 1660. The second kappa shape index (κ2) is 9.23. The number of aromatic nitrogens is 4. The first-order valence-corrected chi connectivity index (χ1v) is 12.6. The quantitative estimate of drug-likeness (QED) is 0.294. The molecule has 180 valence electrons. The highest BCUT2D eigenvalue weighted by Gasteiger charge is 2.21. The summed E-state index contributed by atoms with van der Waals surface area (Å²) in [5.74, 6) is -1.19. The molecule has 5 aromatic rings. The Balaban J connectivity index is 1.52. The van der Waals surface area contributed by atoms with Crippen molar-refractivity contribution < 1.29 is 18.3 Å². The van der Waals surface area contributed by atoms with Gasteiger partial charge in [-0.15, -0.1) is 0 Å². The zero-order valence-electron chi connectivity index (χ0n) is 19.1. The van der Waals surface area contributed by atoms with Crippen LogP contribution in [0.4, 0.5) is 5.69 Å². The molecule has 10 heteroatoms. The van der Waals surface area contributed by atoms with E-state index >= 15 is 0 Å². The number of hydrogen-bond donors (Lipinski definition) is 3. The largest absolute Gasteiger partial charge is 0.476 e. The van der Waals surface area contributed by atoms with Crippen molar-refractivity contribution in [3.05, 3.63) is 90.4 Å². The lowest BCUT2D eigenvalue weighted by Crippen LogP contribution is -2.12. The summed E-state index contributed by atoms with van der Waals surface area (Å²) < 4.78 is 27.9. The monoisotopic (exact) mass is 499 g/mol. The summed E-state index contributed by atoms with van der Waals surface area (Å²) in [6.45, 7) is 2.06. The zero-order valence-corrected chi connectivity index (χ0v) is 20.0. The summed E-state index contributed by atoms with van der Waals surface area (Å²) in [6, 6.07) is 18.8. The number of carboxylic acid groups (broad SMARTS) is 1. The Morgan fingerprint density at radius 1 is 1.03 bits per heavy atom. The number of fused-ring (bicyclic) bond motifs is 1. The first-order valence-electron chi connectivity index (χ1n) is 11.1. The van der Waals surface area contributed by atoms with E-state index in [1.807, 2.05) is 24.3 Å². The van der Waals surface area contributed by atoms with Gasteiger partial charge >= 0.3 is 5.97 Å². The standard InChI is InChI=1S/C26H21N5O4S/c1-2-16-5-7-18(8-6-16)24-23-22(29-30-24)14-21(28-25(23)26(32)33)17-9-11-20(12-10-17)36(34,35)31-19-4-3-13-27-15-19/h3-15,31H,2H2,1H3,(H,29,30)(H,32,33). The van der Waals surface area contributed by atoms with Crippen LogP contribution in [0.5, 0.6) is 0 Å². The fraction of sp³-hybridized carbons (Fsp3) is 0.0769. The molecular formula is C26H21N5O4S. The van der Waals surface area contributed by atoms with E-state index in [0.717, 1.165) is 12.0 Å². The number of carboxylic acids is 1. The van der Waals surface area contributed by atoms with Crippen molar-refractivity contribution >= 4 is 32.6 Å². The topological polar surface area (TPSA) is 138 Å². The van der Waals surface area contributed by atoms with Gasteiger partial charge in [-0.25, -0.2) is 18.2 Å². The van der Waals surface area contributed by atoms with Crippen LogP contribution < -0.4 is 4.72 Å².